The molecule has 2 aromatic heterocycles. The topological polar surface area (TPSA) is 133 Å². The number of benzene rings is 2. The Labute approximate surface area is 200 Å². The number of carbonyl (C=O) groups excluding carboxylic acids is 2. The van der Waals surface area contributed by atoms with Gasteiger partial charge in [-0.2, -0.15) is 4.72 Å². The number of sulfonamides is 1. The van der Waals surface area contributed by atoms with E-state index in [0.717, 1.165) is 16.5 Å². The van der Waals surface area contributed by atoms with Gasteiger partial charge in [-0.05, 0) is 54.4 Å². The first kappa shape index (κ1) is 23.4. The van der Waals surface area contributed by atoms with E-state index in [2.05, 4.69) is 25.5 Å². The Morgan fingerprint density at radius 2 is 1.71 bits per heavy atom. The smallest absolute Gasteiger partial charge is 0.288 e. The molecule has 0 fully saturated rings. The van der Waals surface area contributed by atoms with E-state index in [0.29, 0.717) is 5.02 Å². The molecule has 0 radical (unpaired) electrons. The van der Waals surface area contributed by atoms with E-state index in [-0.39, 0.29) is 17.0 Å². The van der Waals surface area contributed by atoms with Gasteiger partial charge in [0.25, 0.3) is 11.8 Å². The number of rotatable bonds is 7. The fourth-order valence-corrected chi connectivity index (χ4v) is 4.67. The normalized spacial score (nSPS) is 12.3. The summed E-state index contributed by atoms with van der Waals surface area (Å²) in [5, 5.41) is 1.23. The van der Waals surface area contributed by atoms with Crippen LogP contribution in [0, 0.1) is 0 Å². The second kappa shape index (κ2) is 10.0. The van der Waals surface area contributed by atoms with Gasteiger partial charge in [0.1, 0.15) is 11.7 Å². The van der Waals surface area contributed by atoms with Crippen LogP contribution in [0.1, 0.15) is 16.1 Å². The Morgan fingerprint density at radius 3 is 2.44 bits per heavy atom. The molecule has 0 aliphatic heterocycles. The number of H-pyrrole nitrogens is 1. The van der Waals surface area contributed by atoms with Crippen molar-refractivity contribution in [3.63, 3.8) is 0 Å². The highest BCUT2D eigenvalue weighted by atomic mass is 35.5. The first-order chi connectivity index (χ1) is 16.3. The van der Waals surface area contributed by atoms with Gasteiger partial charge in [-0.3, -0.25) is 25.4 Å². The van der Waals surface area contributed by atoms with Crippen LogP contribution in [0.3, 0.4) is 0 Å². The maximum Gasteiger partial charge on any atom is 0.288 e. The Balaban J connectivity index is 1.57. The van der Waals surface area contributed by atoms with E-state index in [1.807, 2.05) is 24.3 Å². The number of nitrogens with one attached hydrogen (secondary N) is 4. The van der Waals surface area contributed by atoms with Gasteiger partial charge in [0, 0.05) is 28.3 Å². The van der Waals surface area contributed by atoms with Gasteiger partial charge in [-0.1, -0.05) is 35.9 Å². The molecule has 11 heteroatoms. The lowest BCUT2D eigenvalue weighted by Crippen LogP contribution is -2.53. The van der Waals surface area contributed by atoms with Crippen LogP contribution in [0.25, 0.3) is 10.9 Å². The van der Waals surface area contributed by atoms with Gasteiger partial charge in [-0.25, -0.2) is 8.42 Å². The largest absolute Gasteiger partial charge is 0.361 e. The molecule has 0 unspecified atom stereocenters. The van der Waals surface area contributed by atoms with Crippen molar-refractivity contribution < 1.29 is 18.0 Å². The number of aromatic amines is 1. The lowest BCUT2D eigenvalue weighted by Gasteiger charge is -2.19. The third kappa shape index (κ3) is 5.42. The van der Waals surface area contributed by atoms with Crippen molar-refractivity contribution in [2.75, 3.05) is 0 Å². The lowest BCUT2D eigenvalue weighted by molar-refractivity contribution is -0.123. The molecule has 0 aliphatic rings. The number of fused-ring (bicyclic) bond motifs is 1. The number of halogens is 1. The fourth-order valence-electron chi connectivity index (χ4n) is 3.34. The summed E-state index contributed by atoms with van der Waals surface area (Å²) in [5.41, 5.74) is 6.23. The molecule has 2 amide bonds. The molecule has 4 N–H and O–H groups in total. The van der Waals surface area contributed by atoms with Crippen LogP contribution < -0.4 is 15.6 Å². The molecule has 9 nitrogen and oxygen atoms in total. The Morgan fingerprint density at radius 1 is 0.971 bits per heavy atom. The summed E-state index contributed by atoms with van der Waals surface area (Å²) >= 11 is 5.86. The number of hydrazine groups is 1. The molecule has 0 saturated heterocycles. The van der Waals surface area contributed by atoms with Crippen LogP contribution in [-0.2, 0) is 21.2 Å². The van der Waals surface area contributed by atoms with Crippen molar-refractivity contribution in [3.8, 4) is 0 Å². The van der Waals surface area contributed by atoms with Crippen molar-refractivity contribution >= 4 is 44.3 Å². The average molecular weight is 498 g/mol. The number of para-hydroxylation sites is 1. The SMILES string of the molecule is O=C(NNC(=O)[C@H](Cc1c[nH]c2ccccc12)NS(=O)(=O)c1ccc(Cl)cc1)c1ccccn1. The minimum Gasteiger partial charge on any atom is -0.361 e. The Bertz CT molecular complexity index is 1420. The van der Waals surface area contributed by atoms with E-state index in [9.17, 15) is 18.0 Å². The number of pyridine rings is 1. The van der Waals surface area contributed by atoms with Crippen LogP contribution in [0.2, 0.25) is 5.02 Å². The predicted octanol–water partition coefficient (Wildman–Crippen LogP) is 2.57. The monoisotopic (exact) mass is 497 g/mol. The molecule has 0 bridgehead atoms. The number of nitrogens with zero attached hydrogens (tertiary/aromatic N) is 1. The van der Waals surface area contributed by atoms with Gasteiger partial charge in [0.05, 0.1) is 4.90 Å². The minimum absolute atomic E-state index is 0.0299. The quantitative estimate of drug-likeness (QED) is 0.291. The van der Waals surface area contributed by atoms with Crippen molar-refractivity contribution in [1.29, 1.82) is 0 Å². The second-order valence-corrected chi connectivity index (χ2v) is 9.50. The number of aromatic nitrogens is 2. The summed E-state index contributed by atoms with van der Waals surface area (Å²) in [6, 6.07) is 16.5. The summed E-state index contributed by atoms with van der Waals surface area (Å²) in [5.74, 6) is -1.38. The minimum atomic E-state index is -4.07. The summed E-state index contributed by atoms with van der Waals surface area (Å²) in [4.78, 5) is 32.2. The Hall–Kier alpha value is -3.73. The highest BCUT2D eigenvalue weighted by molar-refractivity contribution is 7.89. The first-order valence-corrected chi connectivity index (χ1v) is 12.0. The molecule has 0 spiro atoms. The summed E-state index contributed by atoms with van der Waals surface area (Å²) in [7, 11) is -4.07. The van der Waals surface area contributed by atoms with Gasteiger partial charge >= 0.3 is 0 Å². The molecular formula is C23H20ClN5O4S. The molecule has 4 rings (SSSR count). The van der Waals surface area contributed by atoms with Crippen molar-refractivity contribution in [1.82, 2.24) is 25.5 Å². The Kier molecular flexibility index (Phi) is 6.92. The molecule has 0 saturated carbocycles. The van der Waals surface area contributed by atoms with E-state index < -0.39 is 27.9 Å². The molecule has 4 aromatic rings. The summed E-state index contributed by atoms with van der Waals surface area (Å²) in [6.07, 6.45) is 3.19. The zero-order chi connectivity index (χ0) is 24.1. The number of hydrogen-bond acceptors (Lipinski definition) is 5. The lowest BCUT2D eigenvalue weighted by atomic mass is 10.1. The maximum absolute atomic E-state index is 13.0. The molecule has 34 heavy (non-hydrogen) atoms. The van der Waals surface area contributed by atoms with Gasteiger partial charge in [-0.15, -0.1) is 0 Å². The fraction of sp³-hybridized carbons (Fsp3) is 0.0870. The number of carbonyl (C=O) groups is 2. The van der Waals surface area contributed by atoms with E-state index >= 15 is 0 Å². The van der Waals surface area contributed by atoms with E-state index in [1.54, 1.807) is 18.3 Å². The van der Waals surface area contributed by atoms with Crippen molar-refractivity contribution in [3.05, 3.63) is 95.4 Å². The van der Waals surface area contributed by atoms with Gasteiger partial charge in [0.2, 0.25) is 10.0 Å². The molecule has 2 aromatic carbocycles. The third-order valence-corrected chi connectivity index (χ3v) is 6.77. The predicted molar refractivity (Wildman–Crippen MR) is 127 cm³/mol. The molecule has 0 aliphatic carbocycles. The zero-order valence-electron chi connectivity index (χ0n) is 17.7. The van der Waals surface area contributed by atoms with Gasteiger partial charge in [0.15, 0.2) is 0 Å². The maximum atomic E-state index is 13.0. The highest BCUT2D eigenvalue weighted by Crippen LogP contribution is 2.20. The van der Waals surface area contributed by atoms with E-state index in [4.69, 9.17) is 11.6 Å². The van der Waals surface area contributed by atoms with Crippen LogP contribution >= 0.6 is 11.6 Å². The highest BCUT2D eigenvalue weighted by Gasteiger charge is 2.27. The van der Waals surface area contributed by atoms with Crippen LogP contribution in [-0.4, -0.2) is 36.2 Å². The van der Waals surface area contributed by atoms with E-state index in [1.165, 1.54) is 36.5 Å². The number of hydrogen-bond donors (Lipinski definition) is 4. The van der Waals surface area contributed by atoms with Crippen molar-refractivity contribution in [2.24, 2.45) is 0 Å². The zero-order valence-corrected chi connectivity index (χ0v) is 19.2. The third-order valence-electron chi connectivity index (χ3n) is 5.03. The summed E-state index contributed by atoms with van der Waals surface area (Å²) < 4.78 is 28.4. The number of amides is 2. The van der Waals surface area contributed by atoms with Crippen molar-refractivity contribution in [2.45, 2.75) is 17.4 Å². The second-order valence-electron chi connectivity index (χ2n) is 7.35. The first-order valence-electron chi connectivity index (χ1n) is 10.2. The average Bonchev–Trinajstić information content (AvgIpc) is 3.25. The van der Waals surface area contributed by atoms with Crippen LogP contribution in [0.4, 0.5) is 0 Å². The standard InChI is InChI=1S/C23H20ClN5O4S/c24-16-8-10-17(11-9-16)34(32,33)29-21(13-15-14-26-19-6-2-1-5-18(15)19)23(31)28-27-22(30)20-7-3-4-12-25-20/h1-12,14,21,26,29H,13H2,(H,27,30)(H,28,31)/t21-/m0/s1. The summed E-state index contributed by atoms with van der Waals surface area (Å²) in [6.45, 7) is 0. The van der Waals surface area contributed by atoms with Crippen LogP contribution in [0.5, 0.6) is 0 Å². The van der Waals surface area contributed by atoms with Gasteiger partial charge < -0.3 is 4.98 Å². The molecule has 1 atom stereocenters. The molecule has 2 heterocycles. The molecular weight excluding hydrogens is 478 g/mol. The van der Waals surface area contributed by atoms with Crippen LogP contribution in [0.15, 0.2) is 84.0 Å². The molecule has 174 valence electrons.